The van der Waals surface area contributed by atoms with E-state index in [9.17, 15) is 9.59 Å². The molecule has 0 spiro atoms. The van der Waals surface area contributed by atoms with E-state index >= 15 is 0 Å². The Balaban J connectivity index is 1.28. The molecule has 2 amide bonds. The molecular weight excluding hydrogens is 378 g/mol. The first-order valence-corrected chi connectivity index (χ1v) is 10.2. The van der Waals surface area contributed by atoms with Crippen molar-refractivity contribution in [1.82, 2.24) is 25.0 Å². The lowest BCUT2D eigenvalue weighted by Gasteiger charge is -2.32. The van der Waals surface area contributed by atoms with E-state index in [1.165, 1.54) is 11.0 Å². The highest BCUT2D eigenvalue weighted by Gasteiger charge is 2.24. The van der Waals surface area contributed by atoms with E-state index in [4.69, 9.17) is 0 Å². The van der Waals surface area contributed by atoms with Gasteiger partial charge in [-0.2, -0.15) is 5.10 Å². The summed E-state index contributed by atoms with van der Waals surface area (Å²) in [6.07, 6.45) is 4.91. The minimum absolute atomic E-state index is 0.0352. The van der Waals surface area contributed by atoms with Crippen molar-refractivity contribution in [2.45, 2.75) is 19.4 Å². The summed E-state index contributed by atoms with van der Waals surface area (Å²) in [5, 5.41) is 7.02. The molecule has 3 aromatic rings. The van der Waals surface area contributed by atoms with Crippen molar-refractivity contribution in [3.63, 3.8) is 0 Å². The van der Waals surface area contributed by atoms with Gasteiger partial charge in [0.2, 0.25) is 5.91 Å². The molecule has 1 aromatic heterocycles. The number of amides is 2. The third-order valence-electron chi connectivity index (χ3n) is 5.44. The predicted octanol–water partition coefficient (Wildman–Crippen LogP) is 2.61. The molecule has 1 aliphatic heterocycles. The topological polar surface area (TPSA) is 80.1 Å². The Labute approximate surface area is 175 Å². The molecule has 4 rings (SSSR count). The van der Waals surface area contributed by atoms with Crippen LogP contribution in [0.25, 0.3) is 11.1 Å². The van der Waals surface area contributed by atoms with Gasteiger partial charge in [-0.3, -0.25) is 9.59 Å². The van der Waals surface area contributed by atoms with Crippen LogP contribution >= 0.6 is 0 Å². The third-order valence-corrected chi connectivity index (χ3v) is 5.44. The molecule has 1 unspecified atom stereocenters. The van der Waals surface area contributed by atoms with Crippen LogP contribution in [0.15, 0.2) is 67.3 Å². The third kappa shape index (κ3) is 4.92. The van der Waals surface area contributed by atoms with Crippen LogP contribution in [-0.4, -0.2) is 51.1 Å². The van der Waals surface area contributed by atoms with Gasteiger partial charge in [-0.05, 0) is 42.0 Å². The molecule has 2 aromatic carbocycles. The second-order valence-electron chi connectivity index (χ2n) is 7.59. The van der Waals surface area contributed by atoms with Gasteiger partial charge in [0, 0.05) is 25.2 Å². The first kappa shape index (κ1) is 19.8. The molecule has 7 nitrogen and oxygen atoms in total. The summed E-state index contributed by atoms with van der Waals surface area (Å²) in [6, 6.07) is 17.7. The maximum atomic E-state index is 12.6. The van der Waals surface area contributed by atoms with Crippen LogP contribution in [0.5, 0.6) is 0 Å². The Morgan fingerprint density at radius 1 is 1.03 bits per heavy atom. The molecule has 30 heavy (non-hydrogen) atoms. The first-order valence-electron chi connectivity index (χ1n) is 10.2. The Hall–Kier alpha value is -3.48. The quantitative estimate of drug-likeness (QED) is 0.686. The van der Waals surface area contributed by atoms with E-state index in [1.807, 2.05) is 59.5 Å². The highest BCUT2D eigenvalue weighted by Crippen LogP contribution is 2.20. The average molecular weight is 403 g/mol. The van der Waals surface area contributed by atoms with Crippen LogP contribution in [-0.2, 0) is 11.3 Å². The number of piperidine rings is 1. The summed E-state index contributed by atoms with van der Waals surface area (Å²) < 4.78 is 1.53. The van der Waals surface area contributed by atoms with Gasteiger partial charge in [0.05, 0.1) is 0 Å². The Morgan fingerprint density at radius 2 is 1.80 bits per heavy atom. The molecular formula is C23H25N5O2. The zero-order valence-electron chi connectivity index (χ0n) is 16.8. The van der Waals surface area contributed by atoms with Gasteiger partial charge in [0.1, 0.15) is 19.2 Å². The molecule has 1 atom stereocenters. The summed E-state index contributed by atoms with van der Waals surface area (Å²) in [7, 11) is 0. The van der Waals surface area contributed by atoms with Crippen molar-refractivity contribution < 1.29 is 9.59 Å². The van der Waals surface area contributed by atoms with E-state index < -0.39 is 0 Å². The molecule has 0 radical (unpaired) electrons. The van der Waals surface area contributed by atoms with Crippen LogP contribution in [0.3, 0.4) is 0 Å². The highest BCUT2D eigenvalue weighted by molar-refractivity contribution is 5.94. The number of hydrogen-bond acceptors (Lipinski definition) is 4. The largest absolute Gasteiger partial charge is 0.352 e. The van der Waals surface area contributed by atoms with E-state index in [0.29, 0.717) is 18.7 Å². The summed E-state index contributed by atoms with van der Waals surface area (Å²) in [4.78, 5) is 30.7. The number of carbonyl (C=O) groups is 2. The van der Waals surface area contributed by atoms with Gasteiger partial charge >= 0.3 is 0 Å². The SMILES string of the molecule is O=C(NCC1CCCN(C(=O)Cn2cncn2)C1)c1ccc(-c2ccccc2)cc1. The molecule has 1 aliphatic rings. The van der Waals surface area contributed by atoms with Gasteiger partial charge < -0.3 is 10.2 Å². The molecule has 1 saturated heterocycles. The van der Waals surface area contributed by atoms with Crippen molar-refractivity contribution in [3.8, 4) is 11.1 Å². The Bertz CT molecular complexity index is 971. The van der Waals surface area contributed by atoms with Crippen LogP contribution in [0.1, 0.15) is 23.2 Å². The van der Waals surface area contributed by atoms with Gasteiger partial charge in [-0.15, -0.1) is 0 Å². The number of nitrogens with zero attached hydrogens (tertiary/aromatic N) is 4. The highest BCUT2D eigenvalue weighted by atomic mass is 16.2. The number of rotatable bonds is 6. The second kappa shape index (κ2) is 9.35. The zero-order valence-corrected chi connectivity index (χ0v) is 16.8. The molecule has 0 aliphatic carbocycles. The first-order chi connectivity index (χ1) is 14.7. The fraction of sp³-hybridized carbons (Fsp3) is 0.304. The Morgan fingerprint density at radius 3 is 2.53 bits per heavy atom. The number of aromatic nitrogens is 3. The molecule has 1 fully saturated rings. The van der Waals surface area contributed by atoms with Gasteiger partial charge in [-0.25, -0.2) is 9.67 Å². The van der Waals surface area contributed by atoms with E-state index in [1.54, 1.807) is 6.33 Å². The Kier molecular flexibility index (Phi) is 6.17. The lowest BCUT2D eigenvalue weighted by atomic mass is 9.97. The summed E-state index contributed by atoms with van der Waals surface area (Å²) in [5.74, 6) is 0.208. The van der Waals surface area contributed by atoms with Crippen molar-refractivity contribution in [1.29, 1.82) is 0 Å². The van der Waals surface area contributed by atoms with Gasteiger partial charge in [-0.1, -0.05) is 42.5 Å². The zero-order chi connectivity index (χ0) is 20.8. The second-order valence-corrected chi connectivity index (χ2v) is 7.59. The normalized spacial score (nSPS) is 16.3. The summed E-state index contributed by atoms with van der Waals surface area (Å²) in [6.45, 7) is 2.17. The van der Waals surface area contributed by atoms with Crippen LogP contribution < -0.4 is 5.32 Å². The van der Waals surface area contributed by atoms with Crippen molar-refractivity contribution >= 4 is 11.8 Å². The fourth-order valence-electron chi connectivity index (χ4n) is 3.79. The van der Waals surface area contributed by atoms with E-state index in [0.717, 1.165) is 30.5 Å². The molecule has 0 saturated carbocycles. The van der Waals surface area contributed by atoms with Crippen LogP contribution in [0.4, 0.5) is 0 Å². The number of nitrogens with one attached hydrogen (secondary N) is 1. The molecule has 2 heterocycles. The minimum atomic E-state index is -0.0827. The fourth-order valence-corrected chi connectivity index (χ4v) is 3.79. The molecule has 154 valence electrons. The lowest BCUT2D eigenvalue weighted by Crippen LogP contribution is -2.44. The number of hydrogen-bond donors (Lipinski definition) is 1. The van der Waals surface area contributed by atoms with E-state index in [-0.39, 0.29) is 24.3 Å². The molecule has 1 N–H and O–H groups in total. The van der Waals surface area contributed by atoms with Crippen molar-refractivity contribution in [2.24, 2.45) is 5.92 Å². The molecule has 7 heteroatoms. The van der Waals surface area contributed by atoms with E-state index in [2.05, 4.69) is 15.4 Å². The summed E-state index contributed by atoms with van der Waals surface area (Å²) in [5.41, 5.74) is 2.85. The number of likely N-dealkylation sites (tertiary alicyclic amines) is 1. The maximum Gasteiger partial charge on any atom is 0.251 e. The number of benzene rings is 2. The lowest BCUT2D eigenvalue weighted by molar-refractivity contribution is -0.133. The van der Waals surface area contributed by atoms with Crippen molar-refractivity contribution in [2.75, 3.05) is 19.6 Å². The monoisotopic (exact) mass is 403 g/mol. The maximum absolute atomic E-state index is 12.6. The number of carbonyl (C=O) groups excluding carboxylic acids is 2. The standard InChI is InChI=1S/C23H25N5O2/c29-22(15-28-17-24-16-26-28)27-12-4-5-18(14-27)13-25-23(30)21-10-8-20(9-11-21)19-6-2-1-3-7-19/h1-3,6-11,16-18H,4-5,12-15H2,(H,25,30). The van der Waals surface area contributed by atoms with Gasteiger partial charge in [0.15, 0.2) is 0 Å². The van der Waals surface area contributed by atoms with Crippen LogP contribution in [0, 0.1) is 5.92 Å². The molecule has 0 bridgehead atoms. The summed E-state index contributed by atoms with van der Waals surface area (Å²) >= 11 is 0. The van der Waals surface area contributed by atoms with Crippen molar-refractivity contribution in [3.05, 3.63) is 72.8 Å². The van der Waals surface area contributed by atoms with Crippen LogP contribution in [0.2, 0.25) is 0 Å². The average Bonchev–Trinajstić information content (AvgIpc) is 3.31. The smallest absolute Gasteiger partial charge is 0.251 e. The predicted molar refractivity (Wildman–Crippen MR) is 114 cm³/mol. The minimum Gasteiger partial charge on any atom is -0.352 e. The van der Waals surface area contributed by atoms with Gasteiger partial charge in [0.25, 0.3) is 5.91 Å².